The van der Waals surface area contributed by atoms with Crippen molar-refractivity contribution in [2.24, 2.45) is 0 Å². The van der Waals surface area contributed by atoms with E-state index in [-0.39, 0.29) is 0 Å². The van der Waals surface area contributed by atoms with Gasteiger partial charge in [-0.1, -0.05) is 26.2 Å². The van der Waals surface area contributed by atoms with E-state index in [4.69, 9.17) is 0 Å². The van der Waals surface area contributed by atoms with Gasteiger partial charge in [-0.3, -0.25) is 0 Å². The molecule has 0 saturated heterocycles. The van der Waals surface area contributed by atoms with Gasteiger partial charge in [0.2, 0.25) is 0 Å². The molecule has 3 heteroatoms. The Kier molecular flexibility index (Phi) is 7.96. The maximum atomic E-state index is 3.57. The third-order valence-corrected chi connectivity index (χ3v) is 4.67. The summed E-state index contributed by atoms with van der Waals surface area (Å²) in [5, 5.41) is 3.57. The minimum absolute atomic E-state index is 0.468. The molecule has 0 radical (unpaired) electrons. The second-order valence-electron chi connectivity index (χ2n) is 6.52. The molecule has 19 heavy (non-hydrogen) atoms. The van der Waals surface area contributed by atoms with E-state index in [1.807, 2.05) is 0 Å². The van der Waals surface area contributed by atoms with Gasteiger partial charge in [0.25, 0.3) is 0 Å². The van der Waals surface area contributed by atoms with Gasteiger partial charge in [-0.2, -0.15) is 0 Å². The Bertz CT molecular complexity index is 224. The SMILES string of the molecule is CCCCCCNCCN(C)CC1(N(C)C)CCC1. The van der Waals surface area contributed by atoms with Gasteiger partial charge in [0.15, 0.2) is 0 Å². The zero-order chi connectivity index (χ0) is 14.1. The molecule has 0 bridgehead atoms. The van der Waals surface area contributed by atoms with Crippen LogP contribution in [0, 0.1) is 0 Å². The summed E-state index contributed by atoms with van der Waals surface area (Å²) in [6.07, 6.45) is 9.57. The molecule has 3 nitrogen and oxygen atoms in total. The normalized spacial score (nSPS) is 18.0. The summed E-state index contributed by atoms with van der Waals surface area (Å²) in [5.41, 5.74) is 0.468. The second kappa shape index (κ2) is 8.93. The highest BCUT2D eigenvalue weighted by Gasteiger charge is 2.39. The molecule has 0 aromatic heterocycles. The summed E-state index contributed by atoms with van der Waals surface area (Å²) in [6, 6.07) is 0. The predicted octanol–water partition coefficient (Wildman–Crippen LogP) is 2.57. The molecule has 0 aromatic carbocycles. The molecular weight excluding hydrogens is 234 g/mol. The van der Waals surface area contributed by atoms with E-state index in [9.17, 15) is 0 Å². The zero-order valence-corrected chi connectivity index (χ0v) is 13.7. The smallest absolute Gasteiger partial charge is 0.0330 e. The number of rotatable bonds is 11. The third-order valence-electron chi connectivity index (χ3n) is 4.67. The molecular formula is C16H35N3. The van der Waals surface area contributed by atoms with Gasteiger partial charge >= 0.3 is 0 Å². The first-order chi connectivity index (χ1) is 9.10. The highest BCUT2D eigenvalue weighted by molar-refractivity contribution is 4.97. The fourth-order valence-electron chi connectivity index (χ4n) is 2.98. The number of unbranched alkanes of at least 4 members (excludes halogenated alkanes) is 3. The van der Waals surface area contributed by atoms with Crippen molar-refractivity contribution in [1.29, 1.82) is 0 Å². The maximum Gasteiger partial charge on any atom is 0.0330 e. The van der Waals surface area contributed by atoms with Gasteiger partial charge in [0.05, 0.1) is 0 Å². The van der Waals surface area contributed by atoms with E-state index < -0.39 is 0 Å². The minimum Gasteiger partial charge on any atom is -0.315 e. The van der Waals surface area contributed by atoms with Crippen molar-refractivity contribution < 1.29 is 0 Å². The lowest BCUT2D eigenvalue weighted by Crippen LogP contribution is -2.57. The van der Waals surface area contributed by atoms with Gasteiger partial charge in [0, 0.05) is 25.2 Å². The fourth-order valence-corrected chi connectivity index (χ4v) is 2.98. The molecule has 1 aliphatic carbocycles. The molecule has 0 aliphatic heterocycles. The predicted molar refractivity (Wildman–Crippen MR) is 84.8 cm³/mol. The summed E-state index contributed by atoms with van der Waals surface area (Å²) in [6.45, 7) is 6.98. The van der Waals surface area contributed by atoms with Crippen molar-refractivity contribution >= 4 is 0 Å². The number of likely N-dealkylation sites (N-methyl/N-ethyl adjacent to an activating group) is 2. The van der Waals surface area contributed by atoms with Gasteiger partial charge in [0.1, 0.15) is 0 Å². The zero-order valence-electron chi connectivity index (χ0n) is 13.7. The third kappa shape index (κ3) is 5.80. The van der Waals surface area contributed by atoms with E-state index in [2.05, 4.69) is 43.2 Å². The molecule has 0 unspecified atom stereocenters. The van der Waals surface area contributed by atoms with E-state index in [0.29, 0.717) is 5.54 Å². The van der Waals surface area contributed by atoms with Crippen LogP contribution in [0.4, 0.5) is 0 Å². The molecule has 1 rings (SSSR count). The maximum absolute atomic E-state index is 3.57. The number of nitrogens with zero attached hydrogens (tertiary/aromatic N) is 2. The molecule has 0 spiro atoms. The van der Waals surface area contributed by atoms with Crippen LogP contribution in [0.2, 0.25) is 0 Å². The summed E-state index contributed by atoms with van der Waals surface area (Å²) in [7, 11) is 6.74. The minimum atomic E-state index is 0.468. The van der Waals surface area contributed by atoms with Crippen molar-refractivity contribution in [3.63, 3.8) is 0 Å². The van der Waals surface area contributed by atoms with Gasteiger partial charge in [-0.15, -0.1) is 0 Å². The molecule has 0 amide bonds. The van der Waals surface area contributed by atoms with Crippen LogP contribution < -0.4 is 5.32 Å². The summed E-state index contributed by atoms with van der Waals surface area (Å²) < 4.78 is 0. The Hall–Kier alpha value is -0.120. The molecule has 1 N–H and O–H groups in total. The summed E-state index contributed by atoms with van der Waals surface area (Å²) in [4.78, 5) is 4.93. The van der Waals surface area contributed by atoms with Crippen molar-refractivity contribution in [3.8, 4) is 0 Å². The summed E-state index contributed by atoms with van der Waals surface area (Å²) in [5.74, 6) is 0. The standard InChI is InChI=1S/C16H35N3/c1-5-6-7-8-12-17-13-14-19(4)15-16(18(2)3)10-9-11-16/h17H,5-15H2,1-4H3. The Morgan fingerprint density at radius 3 is 2.26 bits per heavy atom. The Balaban J connectivity index is 2.03. The topological polar surface area (TPSA) is 18.5 Å². The van der Waals surface area contributed by atoms with Gasteiger partial charge in [-0.05, 0) is 53.4 Å². The quantitative estimate of drug-likeness (QED) is 0.582. The van der Waals surface area contributed by atoms with Crippen molar-refractivity contribution in [3.05, 3.63) is 0 Å². The van der Waals surface area contributed by atoms with Crippen LogP contribution in [-0.4, -0.2) is 62.7 Å². The van der Waals surface area contributed by atoms with Gasteiger partial charge in [-0.25, -0.2) is 0 Å². The van der Waals surface area contributed by atoms with E-state index >= 15 is 0 Å². The van der Waals surface area contributed by atoms with Crippen LogP contribution in [-0.2, 0) is 0 Å². The first-order valence-electron chi connectivity index (χ1n) is 8.17. The lowest BCUT2D eigenvalue weighted by molar-refractivity contribution is 0.0282. The molecule has 1 fully saturated rings. The van der Waals surface area contributed by atoms with Crippen LogP contribution in [0.1, 0.15) is 51.9 Å². The van der Waals surface area contributed by atoms with Crippen LogP contribution in [0.15, 0.2) is 0 Å². The van der Waals surface area contributed by atoms with Crippen molar-refractivity contribution in [2.75, 3.05) is 47.3 Å². The van der Waals surface area contributed by atoms with E-state index in [1.54, 1.807) is 0 Å². The van der Waals surface area contributed by atoms with Gasteiger partial charge < -0.3 is 15.1 Å². The molecule has 1 aliphatic rings. The first kappa shape index (κ1) is 16.9. The molecule has 0 heterocycles. The average Bonchev–Trinajstić information content (AvgIpc) is 2.32. The van der Waals surface area contributed by atoms with Crippen molar-refractivity contribution in [2.45, 2.75) is 57.4 Å². The number of hydrogen-bond acceptors (Lipinski definition) is 3. The van der Waals surface area contributed by atoms with Crippen LogP contribution in [0.5, 0.6) is 0 Å². The van der Waals surface area contributed by atoms with E-state index in [1.165, 1.54) is 64.6 Å². The van der Waals surface area contributed by atoms with Crippen molar-refractivity contribution in [1.82, 2.24) is 15.1 Å². The number of hydrogen-bond donors (Lipinski definition) is 1. The molecule has 0 aromatic rings. The first-order valence-corrected chi connectivity index (χ1v) is 8.17. The Morgan fingerprint density at radius 2 is 1.74 bits per heavy atom. The second-order valence-corrected chi connectivity index (χ2v) is 6.52. The monoisotopic (exact) mass is 269 g/mol. The highest BCUT2D eigenvalue weighted by Crippen LogP contribution is 2.36. The average molecular weight is 269 g/mol. The van der Waals surface area contributed by atoms with Crippen LogP contribution >= 0.6 is 0 Å². The molecule has 1 saturated carbocycles. The lowest BCUT2D eigenvalue weighted by atomic mass is 9.75. The fraction of sp³-hybridized carbons (Fsp3) is 1.00. The summed E-state index contributed by atoms with van der Waals surface area (Å²) >= 11 is 0. The van der Waals surface area contributed by atoms with E-state index in [0.717, 1.165) is 6.54 Å². The highest BCUT2D eigenvalue weighted by atomic mass is 15.2. The molecule has 114 valence electrons. The van der Waals surface area contributed by atoms with Crippen LogP contribution in [0.3, 0.4) is 0 Å². The Morgan fingerprint density at radius 1 is 1.00 bits per heavy atom. The number of nitrogens with one attached hydrogen (secondary N) is 1. The lowest BCUT2D eigenvalue weighted by Gasteiger charge is -2.49. The molecule has 0 atom stereocenters. The Labute approximate surface area is 120 Å². The van der Waals surface area contributed by atoms with Crippen LogP contribution in [0.25, 0.3) is 0 Å². The largest absolute Gasteiger partial charge is 0.315 e.